The maximum atomic E-state index is 13.3. The summed E-state index contributed by atoms with van der Waals surface area (Å²) >= 11 is 0. The van der Waals surface area contributed by atoms with Crippen LogP contribution in [0.5, 0.6) is 0 Å². The summed E-state index contributed by atoms with van der Waals surface area (Å²) in [4.78, 5) is 21.6. The van der Waals surface area contributed by atoms with Gasteiger partial charge >= 0.3 is 0 Å². The highest BCUT2D eigenvalue weighted by atomic mass is 16.1. The summed E-state index contributed by atoms with van der Waals surface area (Å²) in [6.45, 7) is 5.03. The van der Waals surface area contributed by atoms with Gasteiger partial charge in [0.1, 0.15) is 5.82 Å². The minimum Gasteiger partial charge on any atom is -0.358 e. The van der Waals surface area contributed by atoms with E-state index in [2.05, 4.69) is 58.5 Å². The van der Waals surface area contributed by atoms with E-state index in [1.807, 2.05) is 71.8 Å². The highest BCUT2D eigenvalue weighted by Gasteiger charge is 2.35. The van der Waals surface area contributed by atoms with Crippen LogP contribution in [-0.2, 0) is 19.4 Å². The average molecular weight is 502 g/mol. The molecule has 38 heavy (non-hydrogen) atoms. The van der Waals surface area contributed by atoms with Crippen LogP contribution in [-0.4, -0.2) is 25.5 Å². The molecule has 0 unspecified atom stereocenters. The zero-order valence-corrected chi connectivity index (χ0v) is 21.7. The van der Waals surface area contributed by atoms with E-state index >= 15 is 0 Å². The topological polar surface area (TPSA) is 75.6 Å². The highest BCUT2D eigenvalue weighted by Crippen LogP contribution is 2.40. The Labute approximate surface area is 222 Å². The average Bonchev–Trinajstić information content (AvgIpc) is 3.48. The van der Waals surface area contributed by atoms with E-state index in [4.69, 9.17) is 0 Å². The van der Waals surface area contributed by atoms with E-state index in [1.165, 1.54) is 11.1 Å². The Kier molecular flexibility index (Phi) is 6.16. The molecule has 1 aliphatic rings. The zero-order chi connectivity index (χ0) is 26.1. The molecule has 0 saturated carbocycles. The smallest absolute Gasteiger partial charge is 0.165 e. The molecule has 6 rings (SSSR count). The number of ketones is 1. The number of hydrogen-bond donors (Lipinski definition) is 2. The molecule has 3 heterocycles. The largest absolute Gasteiger partial charge is 0.358 e. The molecule has 0 fully saturated rings. The maximum Gasteiger partial charge on any atom is 0.165 e. The summed E-state index contributed by atoms with van der Waals surface area (Å²) in [5, 5.41) is 7.90. The van der Waals surface area contributed by atoms with Gasteiger partial charge in [-0.25, -0.2) is 4.98 Å². The molecule has 3 aromatic heterocycles. The van der Waals surface area contributed by atoms with Crippen LogP contribution < -0.4 is 5.32 Å². The number of hydrogen-bond acceptors (Lipinski definition) is 4. The third-order valence-electron chi connectivity index (χ3n) is 7.12. The predicted octanol–water partition coefficient (Wildman–Crippen LogP) is 6.81. The zero-order valence-electron chi connectivity index (χ0n) is 21.7. The first-order valence-corrected chi connectivity index (χ1v) is 13.0. The predicted molar refractivity (Wildman–Crippen MR) is 151 cm³/mol. The van der Waals surface area contributed by atoms with Gasteiger partial charge in [-0.05, 0) is 40.7 Å². The Hall–Kier alpha value is -4.45. The number of nitrogens with one attached hydrogen (secondary N) is 2. The van der Waals surface area contributed by atoms with E-state index in [0.29, 0.717) is 19.4 Å². The van der Waals surface area contributed by atoms with Crippen LogP contribution >= 0.6 is 0 Å². The SMILES string of the molecule is CC1(C)CC(=O)c2c([nH]c(-c3ccnc(Nc4cnn(Cc5ccccc5)c4)c3)c2Cc2ccccc2)C1. The van der Waals surface area contributed by atoms with Gasteiger partial charge in [0, 0.05) is 42.1 Å². The van der Waals surface area contributed by atoms with Crippen molar-refractivity contribution in [3.8, 4) is 11.3 Å². The molecule has 2 N–H and O–H groups in total. The number of nitrogens with zero attached hydrogens (tertiary/aromatic N) is 3. The fraction of sp³-hybridized carbons (Fsp3) is 0.219. The van der Waals surface area contributed by atoms with Gasteiger partial charge < -0.3 is 10.3 Å². The van der Waals surface area contributed by atoms with Crippen molar-refractivity contribution in [2.45, 2.75) is 39.7 Å². The molecule has 0 bridgehead atoms. The maximum absolute atomic E-state index is 13.3. The van der Waals surface area contributed by atoms with Crippen molar-refractivity contribution in [3.05, 3.63) is 119 Å². The summed E-state index contributed by atoms with van der Waals surface area (Å²) in [6, 6.07) is 24.7. The Morgan fingerprint density at radius 2 is 1.71 bits per heavy atom. The molecule has 0 amide bonds. The van der Waals surface area contributed by atoms with Crippen molar-refractivity contribution in [1.29, 1.82) is 0 Å². The van der Waals surface area contributed by atoms with E-state index in [-0.39, 0.29) is 11.2 Å². The molecule has 0 aliphatic heterocycles. The van der Waals surface area contributed by atoms with Gasteiger partial charge in [-0.3, -0.25) is 9.48 Å². The van der Waals surface area contributed by atoms with Crippen LogP contribution in [0.1, 0.15) is 53.0 Å². The minimum atomic E-state index is -0.0545. The molecule has 190 valence electrons. The van der Waals surface area contributed by atoms with Gasteiger partial charge in [0.25, 0.3) is 0 Å². The highest BCUT2D eigenvalue weighted by molar-refractivity contribution is 6.02. The number of anilines is 2. The first-order chi connectivity index (χ1) is 18.4. The van der Waals surface area contributed by atoms with E-state index in [9.17, 15) is 4.79 Å². The number of carbonyl (C=O) groups is 1. The van der Waals surface area contributed by atoms with Crippen molar-refractivity contribution >= 4 is 17.3 Å². The molecular weight excluding hydrogens is 470 g/mol. The van der Waals surface area contributed by atoms with Crippen LogP contribution in [0.15, 0.2) is 91.4 Å². The monoisotopic (exact) mass is 501 g/mol. The van der Waals surface area contributed by atoms with Crippen LogP contribution in [0.3, 0.4) is 0 Å². The van der Waals surface area contributed by atoms with Gasteiger partial charge in [-0.2, -0.15) is 5.10 Å². The summed E-state index contributed by atoms with van der Waals surface area (Å²) in [7, 11) is 0. The lowest BCUT2D eigenvalue weighted by Crippen LogP contribution is -2.27. The van der Waals surface area contributed by atoms with E-state index in [1.54, 1.807) is 0 Å². The Bertz CT molecular complexity index is 1580. The number of aromatic nitrogens is 4. The molecule has 6 nitrogen and oxygen atoms in total. The first kappa shape index (κ1) is 23.9. The number of carbonyl (C=O) groups excluding carboxylic acids is 1. The fourth-order valence-corrected chi connectivity index (χ4v) is 5.44. The number of aromatic amines is 1. The number of pyridine rings is 1. The van der Waals surface area contributed by atoms with Gasteiger partial charge in [0.05, 0.1) is 24.1 Å². The van der Waals surface area contributed by atoms with Crippen molar-refractivity contribution < 1.29 is 4.79 Å². The summed E-state index contributed by atoms with van der Waals surface area (Å²) in [5.41, 5.74) is 8.18. The Morgan fingerprint density at radius 1 is 0.974 bits per heavy atom. The molecule has 5 aromatic rings. The lowest BCUT2D eigenvalue weighted by molar-refractivity contribution is 0.0911. The first-order valence-electron chi connectivity index (χ1n) is 13.0. The van der Waals surface area contributed by atoms with Crippen LogP contribution in [0.25, 0.3) is 11.3 Å². The Balaban J connectivity index is 1.32. The van der Waals surface area contributed by atoms with Crippen LogP contribution in [0, 0.1) is 5.41 Å². The van der Waals surface area contributed by atoms with Gasteiger partial charge in [-0.1, -0.05) is 74.5 Å². The van der Waals surface area contributed by atoms with Gasteiger partial charge in [-0.15, -0.1) is 0 Å². The second-order valence-electron chi connectivity index (χ2n) is 10.9. The van der Waals surface area contributed by atoms with Crippen molar-refractivity contribution in [2.75, 3.05) is 5.32 Å². The van der Waals surface area contributed by atoms with Crippen molar-refractivity contribution in [2.24, 2.45) is 5.41 Å². The second kappa shape index (κ2) is 9.78. The quantitative estimate of drug-likeness (QED) is 0.257. The number of fused-ring (bicyclic) bond motifs is 1. The van der Waals surface area contributed by atoms with Crippen molar-refractivity contribution in [1.82, 2.24) is 19.7 Å². The summed E-state index contributed by atoms with van der Waals surface area (Å²) < 4.78 is 1.91. The summed E-state index contributed by atoms with van der Waals surface area (Å²) in [5.74, 6) is 0.953. The number of benzene rings is 2. The van der Waals surface area contributed by atoms with Gasteiger partial charge in [0.2, 0.25) is 0 Å². The van der Waals surface area contributed by atoms with Gasteiger partial charge in [0.15, 0.2) is 5.78 Å². The third-order valence-corrected chi connectivity index (χ3v) is 7.12. The second-order valence-corrected chi connectivity index (χ2v) is 10.9. The Morgan fingerprint density at radius 3 is 2.47 bits per heavy atom. The molecule has 0 spiro atoms. The normalized spacial score (nSPS) is 14.3. The van der Waals surface area contributed by atoms with Crippen molar-refractivity contribution in [3.63, 3.8) is 0 Å². The molecule has 1 aliphatic carbocycles. The summed E-state index contributed by atoms with van der Waals surface area (Å²) in [6.07, 6.45) is 7.72. The number of H-pyrrole nitrogens is 1. The number of rotatable bonds is 7. The molecule has 0 atom stereocenters. The lowest BCUT2D eigenvalue weighted by atomic mass is 9.75. The van der Waals surface area contributed by atoms with E-state index < -0.39 is 0 Å². The molecule has 0 radical (unpaired) electrons. The molecule has 0 saturated heterocycles. The molecule has 6 heteroatoms. The standard InChI is InChI=1S/C32H31N5O/c1-32(2)17-27-30(28(38)18-32)26(15-22-9-5-3-6-10-22)31(36-27)24-13-14-33-29(16-24)35-25-19-34-37(21-25)20-23-11-7-4-8-12-23/h3-14,16,19,21,36H,15,17-18,20H2,1-2H3,(H,33,35). The van der Waals surface area contributed by atoms with E-state index in [0.717, 1.165) is 46.0 Å². The fourth-order valence-electron chi connectivity index (χ4n) is 5.44. The lowest BCUT2D eigenvalue weighted by Gasteiger charge is -2.28. The third kappa shape index (κ3) is 5.02. The number of Topliss-reactive ketones (excluding diaryl/α,β-unsaturated/α-hetero) is 1. The minimum absolute atomic E-state index is 0.0545. The molecular formula is C32H31N5O. The molecule has 2 aromatic carbocycles. The van der Waals surface area contributed by atoms with Crippen LogP contribution in [0.4, 0.5) is 11.5 Å². The van der Waals surface area contributed by atoms with Crippen LogP contribution in [0.2, 0.25) is 0 Å².